The summed E-state index contributed by atoms with van der Waals surface area (Å²) in [5, 5.41) is 12.4. The van der Waals surface area contributed by atoms with Gasteiger partial charge in [-0.25, -0.2) is 4.79 Å². The largest absolute Gasteiger partial charge is 0.476 e. The van der Waals surface area contributed by atoms with E-state index in [4.69, 9.17) is 14.0 Å². The third-order valence-corrected chi connectivity index (χ3v) is 2.09. The maximum Gasteiger partial charge on any atom is 0.358 e. The lowest BCUT2D eigenvalue weighted by Gasteiger charge is -1.94. The van der Waals surface area contributed by atoms with Crippen molar-refractivity contribution in [2.75, 3.05) is 0 Å². The number of rotatable bonds is 3. The van der Waals surface area contributed by atoms with Gasteiger partial charge in [-0.1, -0.05) is 12.1 Å². The zero-order chi connectivity index (χ0) is 10.8. The standard InChI is InChI=1S/C10H9NO4/c1-2-6-8(10(12)13)11-15-9(6)7-4-3-5-14-7/h3-5H,2H2,1H3,(H,12,13). The number of carbonyl (C=O) groups is 1. The molecule has 1 N–H and O–H groups in total. The molecule has 0 aromatic carbocycles. The van der Waals surface area contributed by atoms with Crippen LogP contribution in [0.5, 0.6) is 0 Å². The number of hydrogen-bond donors (Lipinski definition) is 1. The summed E-state index contributed by atoms with van der Waals surface area (Å²) in [5.41, 5.74) is 0.501. The predicted octanol–water partition coefficient (Wildman–Crippen LogP) is 2.20. The summed E-state index contributed by atoms with van der Waals surface area (Å²) >= 11 is 0. The third kappa shape index (κ3) is 1.52. The van der Waals surface area contributed by atoms with Crippen LogP contribution in [0.15, 0.2) is 27.3 Å². The molecule has 0 unspecified atom stereocenters. The monoisotopic (exact) mass is 207 g/mol. The number of aromatic carboxylic acids is 1. The van der Waals surface area contributed by atoms with Crippen molar-refractivity contribution in [3.63, 3.8) is 0 Å². The van der Waals surface area contributed by atoms with Crippen molar-refractivity contribution in [1.82, 2.24) is 5.16 Å². The second-order valence-corrected chi connectivity index (χ2v) is 2.97. The Labute approximate surface area is 85.3 Å². The Morgan fingerprint density at radius 2 is 2.40 bits per heavy atom. The first-order chi connectivity index (χ1) is 7.24. The highest BCUT2D eigenvalue weighted by molar-refractivity contribution is 5.88. The summed E-state index contributed by atoms with van der Waals surface area (Å²) in [7, 11) is 0. The molecule has 2 aromatic rings. The highest BCUT2D eigenvalue weighted by Crippen LogP contribution is 2.27. The molecule has 0 amide bonds. The van der Waals surface area contributed by atoms with Crippen LogP contribution in [0.1, 0.15) is 23.0 Å². The lowest BCUT2D eigenvalue weighted by molar-refractivity contribution is 0.0685. The van der Waals surface area contributed by atoms with Gasteiger partial charge < -0.3 is 14.0 Å². The van der Waals surface area contributed by atoms with E-state index in [0.29, 0.717) is 23.5 Å². The first kappa shape index (κ1) is 9.51. The van der Waals surface area contributed by atoms with Crippen LogP contribution < -0.4 is 0 Å². The summed E-state index contributed by atoms with van der Waals surface area (Å²) in [4.78, 5) is 10.8. The Hall–Kier alpha value is -2.04. The van der Waals surface area contributed by atoms with E-state index < -0.39 is 5.97 Å². The molecule has 0 spiro atoms. The van der Waals surface area contributed by atoms with Crippen LogP contribution in [0, 0.1) is 0 Å². The molecular weight excluding hydrogens is 198 g/mol. The summed E-state index contributed by atoms with van der Waals surface area (Å²) < 4.78 is 10.1. The molecule has 15 heavy (non-hydrogen) atoms. The second-order valence-electron chi connectivity index (χ2n) is 2.97. The lowest BCUT2D eigenvalue weighted by Crippen LogP contribution is -2.00. The minimum absolute atomic E-state index is 0.0519. The minimum Gasteiger partial charge on any atom is -0.476 e. The van der Waals surface area contributed by atoms with E-state index in [9.17, 15) is 4.79 Å². The highest BCUT2D eigenvalue weighted by atomic mass is 16.5. The van der Waals surface area contributed by atoms with Gasteiger partial charge in [-0.3, -0.25) is 0 Å². The fourth-order valence-corrected chi connectivity index (χ4v) is 1.41. The molecule has 78 valence electrons. The van der Waals surface area contributed by atoms with Crippen molar-refractivity contribution < 1.29 is 18.8 Å². The lowest BCUT2D eigenvalue weighted by atomic mass is 10.1. The third-order valence-electron chi connectivity index (χ3n) is 2.09. The van der Waals surface area contributed by atoms with E-state index in [1.54, 1.807) is 12.1 Å². The van der Waals surface area contributed by atoms with E-state index in [1.165, 1.54) is 6.26 Å². The highest BCUT2D eigenvalue weighted by Gasteiger charge is 2.22. The summed E-state index contributed by atoms with van der Waals surface area (Å²) in [5.74, 6) is -0.208. The van der Waals surface area contributed by atoms with Crippen LogP contribution >= 0.6 is 0 Å². The van der Waals surface area contributed by atoms with Gasteiger partial charge in [0.25, 0.3) is 0 Å². The Morgan fingerprint density at radius 1 is 1.60 bits per heavy atom. The number of carboxylic acid groups (broad SMARTS) is 1. The van der Waals surface area contributed by atoms with Crippen LogP contribution in [0.3, 0.4) is 0 Å². The second kappa shape index (κ2) is 3.61. The maximum atomic E-state index is 10.8. The molecule has 2 rings (SSSR count). The van der Waals surface area contributed by atoms with E-state index in [-0.39, 0.29) is 5.69 Å². The molecular formula is C10H9NO4. The number of nitrogens with zero attached hydrogens (tertiary/aromatic N) is 1. The molecule has 0 aliphatic rings. The molecule has 2 heterocycles. The zero-order valence-electron chi connectivity index (χ0n) is 8.06. The van der Waals surface area contributed by atoms with Crippen LogP contribution in [-0.4, -0.2) is 16.2 Å². The normalized spacial score (nSPS) is 10.5. The summed E-state index contributed by atoms with van der Waals surface area (Å²) in [6.45, 7) is 1.84. The Balaban J connectivity index is 2.54. The minimum atomic E-state index is -1.09. The first-order valence-electron chi connectivity index (χ1n) is 4.49. The van der Waals surface area contributed by atoms with Gasteiger partial charge in [0.15, 0.2) is 11.5 Å². The Morgan fingerprint density at radius 3 is 2.93 bits per heavy atom. The number of furan rings is 1. The van der Waals surface area contributed by atoms with Crippen LogP contribution in [0.4, 0.5) is 0 Å². The molecule has 0 fully saturated rings. The van der Waals surface area contributed by atoms with Crippen molar-refractivity contribution in [2.24, 2.45) is 0 Å². The quantitative estimate of drug-likeness (QED) is 0.834. The van der Waals surface area contributed by atoms with Gasteiger partial charge in [-0.2, -0.15) is 0 Å². The average Bonchev–Trinajstić information content (AvgIpc) is 2.85. The van der Waals surface area contributed by atoms with E-state index in [1.807, 2.05) is 6.92 Å². The molecule has 2 aromatic heterocycles. The molecule has 0 radical (unpaired) electrons. The Bertz CT molecular complexity index is 470. The molecule has 5 nitrogen and oxygen atoms in total. The summed E-state index contributed by atoms with van der Waals surface area (Å²) in [6, 6.07) is 3.41. The SMILES string of the molecule is CCc1c(C(=O)O)noc1-c1ccco1. The number of carboxylic acids is 1. The molecule has 0 atom stereocenters. The van der Waals surface area contributed by atoms with Crippen molar-refractivity contribution in [3.05, 3.63) is 29.7 Å². The summed E-state index contributed by atoms with van der Waals surface area (Å²) in [6.07, 6.45) is 2.03. The molecule has 0 saturated carbocycles. The van der Waals surface area contributed by atoms with Crippen LogP contribution in [0.2, 0.25) is 0 Å². The number of aromatic nitrogens is 1. The first-order valence-corrected chi connectivity index (χ1v) is 4.49. The van der Waals surface area contributed by atoms with Crippen molar-refractivity contribution in [2.45, 2.75) is 13.3 Å². The van der Waals surface area contributed by atoms with Gasteiger partial charge in [-0.15, -0.1) is 0 Å². The fourth-order valence-electron chi connectivity index (χ4n) is 1.41. The van der Waals surface area contributed by atoms with E-state index >= 15 is 0 Å². The van der Waals surface area contributed by atoms with Gasteiger partial charge in [0.1, 0.15) is 0 Å². The van der Waals surface area contributed by atoms with Gasteiger partial charge in [0.2, 0.25) is 5.76 Å². The average molecular weight is 207 g/mol. The molecule has 0 bridgehead atoms. The smallest absolute Gasteiger partial charge is 0.358 e. The van der Waals surface area contributed by atoms with Crippen molar-refractivity contribution in [3.8, 4) is 11.5 Å². The molecule has 5 heteroatoms. The Kier molecular flexibility index (Phi) is 2.29. The van der Waals surface area contributed by atoms with Crippen molar-refractivity contribution >= 4 is 5.97 Å². The number of hydrogen-bond acceptors (Lipinski definition) is 4. The van der Waals surface area contributed by atoms with Gasteiger partial charge in [-0.05, 0) is 18.6 Å². The van der Waals surface area contributed by atoms with Crippen LogP contribution in [-0.2, 0) is 6.42 Å². The van der Waals surface area contributed by atoms with Gasteiger partial charge in [0.05, 0.1) is 6.26 Å². The fraction of sp³-hybridized carbons (Fsp3) is 0.200. The van der Waals surface area contributed by atoms with Gasteiger partial charge in [0, 0.05) is 5.56 Å². The van der Waals surface area contributed by atoms with Crippen LogP contribution in [0.25, 0.3) is 11.5 Å². The molecule has 0 saturated heterocycles. The maximum absolute atomic E-state index is 10.8. The topological polar surface area (TPSA) is 76.5 Å². The predicted molar refractivity (Wildman–Crippen MR) is 50.5 cm³/mol. The van der Waals surface area contributed by atoms with Gasteiger partial charge >= 0.3 is 5.97 Å². The van der Waals surface area contributed by atoms with E-state index in [0.717, 1.165) is 0 Å². The van der Waals surface area contributed by atoms with E-state index in [2.05, 4.69) is 5.16 Å². The molecule has 0 aliphatic heterocycles. The van der Waals surface area contributed by atoms with Crippen molar-refractivity contribution in [1.29, 1.82) is 0 Å². The molecule has 0 aliphatic carbocycles. The zero-order valence-corrected chi connectivity index (χ0v) is 8.06.